The van der Waals surface area contributed by atoms with Gasteiger partial charge >= 0.3 is 0 Å². The van der Waals surface area contributed by atoms with Gasteiger partial charge in [0.2, 0.25) is 0 Å². The lowest BCUT2D eigenvalue weighted by Crippen LogP contribution is -2.26. The molecule has 4 rings (SSSR count). The summed E-state index contributed by atoms with van der Waals surface area (Å²) in [6.07, 6.45) is 3.36. The largest absolute Gasteiger partial charge is 0.497 e. The van der Waals surface area contributed by atoms with Crippen molar-refractivity contribution in [3.63, 3.8) is 0 Å². The van der Waals surface area contributed by atoms with Crippen LogP contribution >= 0.6 is 0 Å². The highest BCUT2D eigenvalue weighted by atomic mass is 16.6. The monoisotopic (exact) mass is 397 g/mol. The highest BCUT2D eigenvalue weighted by Gasteiger charge is 2.32. The van der Waals surface area contributed by atoms with E-state index in [1.165, 1.54) is 18.4 Å². The lowest BCUT2D eigenvalue weighted by Gasteiger charge is -2.22. The van der Waals surface area contributed by atoms with E-state index < -0.39 is 0 Å². The van der Waals surface area contributed by atoms with Crippen LogP contribution in [-0.4, -0.2) is 39.9 Å². The molecule has 0 bridgehead atoms. The Labute approximate surface area is 171 Å². The molecule has 2 aromatic carbocycles. The van der Waals surface area contributed by atoms with Crippen molar-refractivity contribution >= 4 is 5.91 Å². The molecule has 2 aliphatic rings. The third kappa shape index (κ3) is 4.58. The van der Waals surface area contributed by atoms with Gasteiger partial charge in [-0.3, -0.25) is 4.79 Å². The van der Waals surface area contributed by atoms with Crippen LogP contribution in [0.25, 0.3) is 0 Å². The van der Waals surface area contributed by atoms with Crippen molar-refractivity contribution in [1.82, 2.24) is 5.32 Å². The van der Waals surface area contributed by atoms with E-state index in [0.717, 1.165) is 17.9 Å². The molecule has 1 N–H and O–H groups in total. The topological polar surface area (TPSA) is 66.0 Å². The van der Waals surface area contributed by atoms with E-state index in [-0.39, 0.29) is 5.91 Å². The molecule has 0 spiro atoms. The van der Waals surface area contributed by atoms with Crippen molar-refractivity contribution in [2.45, 2.75) is 25.2 Å². The second kappa shape index (κ2) is 8.64. The van der Waals surface area contributed by atoms with Gasteiger partial charge in [0.05, 0.1) is 14.2 Å². The number of amides is 1. The fourth-order valence-electron chi connectivity index (χ4n) is 3.85. The maximum atomic E-state index is 12.6. The fourth-order valence-corrected chi connectivity index (χ4v) is 3.85. The number of hydrogen-bond acceptors (Lipinski definition) is 5. The number of fused-ring (bicyclic) bond motifs is 1. The molecule has 0 saturated heterocycles. The molecule has 1 heterocycles. The Hall–Kier alpha value is -2.89. The summed E-state index contributed by atoms with van der Waals surface area (Å²) in [6.45, 7) is 1.79. The number of carbonyl (C=O) groups is 1. The first-order valence-corrected chi connectivity index (χ1v) is 10.1. The highest BCUT2D eigenvalue weighted by molar-refractivity contribution is 5.95. The second-order valence-corrected chi connectivity index (χ2v) is 7.49. The van der Waals surface area contributed by atoms with E-state index in [9.17, 15) is 4.79 Å². The maximum absolute atomic E-state index is 12.6. The van der Waals surface area contributed by atoms with E-state index in [2.05, 4.69) is 17.4 Å². The van der Waals surface area contributed by atoms with Crippen LogP contribution in [0, 0.1) is 5.92 Å². The molecule has 6 heteroatoms. The quantitative estimate of drug-likeness (QED) is 0.734. The van der Waals surface area contributed by atoms with Crippen LogP contribution in [0.5, 0.6) is 23.0 Å². The minimum atomic E-state index is -0.126. The minimum absolute atomic E-state index is 0.126. The number of nitrogens with one attached hydrogen (secondary N) is 1. The predicted molar refractivity (Wildman–Crippen MR) is 109 cm³/mol. The van der Waals surface area contributed by atoms with Crippen LogP contribution < -0.4 is 24.3 Å². The molecule has 1 aliphatic heterocycles. The van der Waals surface area contributed by atoms with Crippen molar-refractivity contribution in [1.29, 1.82) is 0 Å². The third-order valence-corrected chi connectivity index (χ3v) is 5.54. The van der Waals surface area contributed by atoms with E-state index in [4.69, 9.17) is 18.9 Å². The number of hydrogen-bond donors (Lipinski definition) is 1. The van der Waals surface area contributed by atoms with Crippen LogP contribution in [0.4, 0.5) is 0 Å². The molecule has 1 atom stereocenters. The van der Waals surface area contributed by atoms with E-state index in [1.807, 2.05) is 6.07 Å². The van der Waals surface area contributed by atoms with Gasteiger partial charge in [0.1, 0.15) is 24.7 Å². The molecule has 0 radical (unpaired) electrons. The predicted octanol–water partition coefficient (Wildman–Crippen LogP) is 3.79. The lowest BCUT2D eigenvalue weighted by molar-refractivity contribution is 0.0951. The van der Waals surface area contributed by atoms with Crippen molar-refractivity contribution < 1.29 is 23.7 Å². The third-order valence-electron chi connectivity index (χ3n) is 5.54. The molecule has 2 aromatic rings. The summed E-state index contributed by atoms with van der Waals surface area (Å²) < 4.78 is 21.9. The first kappa shape index (κ1) is 19.4. The smallest absolute Gasteiger partial charge is 0.251 e. The molecule has 29 heavy (non-hydrogen) atoms. The van der Waals surface area contributed by atoms with Crippen LogP contribution in [0.15, 0.2) is 36.4 Å². The molecule has 1 saturated carbocycles. The lowest BCUT2D eigenvalue weighted by atomic mass is 9.90. The summed E-state index contributed by atoms with van der Waals surface area (Å²) in [4.78, 5) is 12.6. The summed E-state index contributed by atoms with van der Waals surface area (Å²) in [5.41, 5.74) is 1.79. The minimum Gasteiger partial charge on any atom is -0.497 e. The average molecular weight is 397 g/mol. The fraction of sp³-hybridized carbons (Fsp3) is 0.435. The number of methoxy groups -OCH3 is 2. The summed E-state index contributed by atoms with van der Waals surface area (Å²) in [7, 11) is 3.15. The van der Waals surface area contributed by atoms with Crippen LogP contribution in [-0.2, 0) is 0 Å². The highest BCUT2D eigenvalue weighted by Crippen LogP contribution is 2.46. The Morgan fingerprint density at radius 3 is 2.38 bits per heavy atom. The summed E-state index contributed by atoms with van der Waals surface area (Å²) in [6, 6.07) is 11.4. The number of benzene rings is 2. The van der Waals surface area contributed by atoms with Crippen molar-refractivity contribution in [3.8, 4) is 23.0 Å². The Morgan fingerprint density at radius 2 is 1.72 bits per heavy atom. The first-order chi connectivity index (χ1) is 14.2. The SMILES string of the molecule is COc1cc(OC)cc(C(=O)NCCC(c2ccc3c(c2)OCCO3)C2CC2)c1. The Bertz CT molecular complexity index is 855. The van der Waals surface area contributed by atoms with Crippen LogP contribution in [0.2, 0.25) is 0 Å². The van der Waals surface area contributed by atoms with Gasteiger partial charge in [0.25, 0.3) is 5.91 Å². The molecule has 1 amide bonds. The molecule has 1 unspecified atom stereocenters. The zero-order valence-corrected chi connectivity index (χ0v) is 16.9. The summed E-state index contributed by atoms with van der Waals surface area (Å²) >= 11 is 0. The number of ether oxygens (including phenoxy) is 4. The Kier molecular flexibility index (Phi) is 5.79. The van der Waals surface area contributed by atoms with Crippen LogP contribution in [0.1, 0.15) is 41.1 Å². The van der Waals surface area contributed by atoms with Gasteiger partial charge < -0.3 is 24.3 Å². The molecule has 6 nitrogen and oxygen atoms in total. The summed E-state index contributed by atoms with van der Waals surface area (Å²) in [5.74, 6) is 3.79. The molecular weight excluding hydrogens is 370 g/mol. The normalized spacial score (nSPS) is 16.1. The Balaban J connectivity index is 1.40. The van der Waals surface area contributed by atoms with Crippen molar-refractivity contribution in [2.75, 3.05) is 34.0 Å². The zero-order chi connectivity index (χ0) is 20.2. The van der Waals surface area contributed by atoms with Crippen molar-refractivity contribution in [3.05, 3.63) is 47.5 Å². The van der Waals surface area contributed by atoms with Gasteiger partial charge in [-0.25, -0.2) is 0 Å². The van der Waals surface area contributed by atoms with E-state index in [1.54, 1.807) is 32.4 Å². The first-order valence-electron chi connectivity index (χ1n) is 10.1. The molecule has 0 aromatic heterocycles. The van der Waals surface area contributed by atoms with Gasteiger partial charge in [-0.1, -0.05) is 6.07 Å². The average Bonchev–Trinajstić information content (AvgIpc) is 3.61. The molecule has 154 valence electrons. The zero-order valence-electron chi connectivity index (χ0n) is 16.9. The van der Waals surface area contributed by atoms with Crippen molar-refractivity contribution in [2.24, 2.45) is 5.92 Å². The summed E-state index contributed by atoms with van der Waals surface area (Å²) in [5, 5.41) is 3.04. The van der Waals surface area contributed by atoms with Gasteiger partial charge in [-0.2, -0.15) is 0 Å². The Morgan fingerprint density at radius 1 is 1.03 bits per heavy atom. The second-order valence-electron chi connectivity index (χ2n) is 7.49. The van der Waals surface area contributed by atoms with Gasteiger partial charge in [-0.15, -0.1) is 0 Å². The van der Waals surface area contributed by atoms with Crippen LogP contribution in [0.3, 0.4) is 0 Å². The number of carbonyl (C=O) groups excluding carboxylic acids is 1. The van der Waals surface area contributed by atoms with E-state index >= 15 is 0 Å². The maximum Gasteiger partial charge on any atom is 0.251 e. The van der Waals surface area contributed by atoms with Gasteiger partial charge in [0, 0.05) is 18.2 Å². The molecular formula is C23H27NO5. The molecule has 1 fully saturated rings. The van der Waals surface area contributed by atoms with E-state index in [0.29, 0.717) is 48.7 Å². The number of rotatable bonds is 8. The standard InChI is InChI=1S/C23H27NO5/c1-26-18-11-17(12-19(14-18)27-2)23(25)24-8-7-20(15-3-4-15)16-5-6-21-22(13-16)29-10-9-28-21/h5-6,11-15,20H,3-4,7-10H2,1-2H3,(H,24,25). The van der Waals surface area contributed by atoms with Gasteiger partial charge in [-0.05, 0) is 60.9 Å². The molecule has 1 aliphatic carbocycles. The van der Waals surface area contributed by atoms with Gasteiger partial charge in [0.15, 0.2) is 11.5 Å².